The molecule has 0 unspecified atom stereocenters. The second-order valence-electron chi connectivity index (χ2n) is 4.17. The van der Waals surface area contributed by atoms with Crippen molar-refractivity contribution in [3.8, 4) is 11.8 Å². The van der Waals surface area contributed by atoms with Gasteiger partial charge in [-0.1, -0.05) is 12.1 Å². The van der Waals surface area contributed by atoms with Crippen LogP contribution in [0.4, 0.5) is 5.82 Å². The summed E-state index contributed by atoms with van der Waals surface area (Å²) in [6, 6.07) is 7.80. The molecule has 0 aliphatic heterocycles. The Bertz CT molecular complexity index is 851. The van der Waals surface area contributed by atoms with Gasteiger partial charge in [0.15, 0.2) is 10.8 Å². The highest BCUT2D eigenvalue weighted by atomic mass is 32.1. The number of aromatic nitrogens is 3. The first-order chi connectivity index (χ1) is 10.2. The van der Waals surface area contributed by atoms with E-state index in [0.717, 1.165) is 10.2 Å². The van der Waals surface area contributed by atoms with Crippen LogP contribution in [0.2, 0.25) is 0 Å². The zero-order valence-electron chi connectivity index (χ0n) is 11.1. The maximum Gasteiger partial charge on any atom is 0.255 e. The number of fused-ring (bicyclic) bond motifs is 1. The zero-order valence-corrected chi connectivity index (χ0v) is 11.9. The lowest BCUT2D eigenvalue weighted by Gasteiger charge is -1.95. The first-order valence-corrected chi connectivity index (χ1v) is 6.94. The summed E-state index contributed by atoms with van der Waals surface area (Å²) in [7, 11) is 1.66. The molecule has 0 fully saturated rings. The average Bonchev–Trinajstić information content (AvgIpc) is 3.07. The van der Waals surface area contributed by atoms with Crippen LogP contribution in [-0.2, 0) is 0 Å². The standard InChI is InChI=1S/C14H11N5OS/c1-16-14-12(13(15)20)9(18-19-14)6-7-11-17-8-4-2-3-5-10(8)21-11/h2-5H,1H3,(H2,15,20)(H2,16,18,19). The van der Waals surface area contributed by atoms with Gasteiger partial charge in [-0.3, -0.25) is 9.89 Å². The zero-order chi connectivity index (χ0) is 14.8. The Morgan fingerprint density at radius 2 is 2.19 bits per heavy atom. The molecular formula is C14H11N5OS. The molecule has 1 aromatic carbocycles. The number of amides is 1. The van der Waals surface area contributed by atoms with Crippen molar-refractivity contribution in [1.29, 1.82) is 0 Å². The SMILES string of the molecule is CNc1n[nH]c(C#Cc2nc3ccccc3s2)c1C(N)=O. The number of para-hydroxylation sites is 1. The quantitative estimate of drug-likeness (QED) is 0.625. The van der Waals surface area contributed by atoms with Crippen molar-refractivity contribution in [1.82, 2.24) is 15.2 Å². The number of anilines is 1. The molecule has 0 saturated heterocycles. The van der Waals surface area contributed by atoms with Gasteiger partial charge in [-0.25, -0.2) is 4.98 Å². The van der Waals surface area contributed by atoms with Crippen molar-refractivity contribution < 1.29 is 4.79 Å². The van der Waals surface area contributed by atoms with Crippen LogP contribution in [0.3, 0.4) is 0 Å². The number of hydrogen-bond donors (Lipinski definition) is 3. The van der Waals surface area contributed by atoms with Crippen LogP contribution >= 0.6 is 11.3 Å². The molecule has 0 spiro atoms. The van der Waals surface area contributed by atoms with Crippen LogP contribution in [0.25, 0.3) is 10.2 Å². The molecule has 1 amide bonds. The lowest BCUT2D eigenvalue weighted by Crippen LogP contribution is -2.13. The molecule has 21 heavy (non-hydrogen) atoms. The number of carbonyl (C=O) groups excluding carboxylic acids is 1. The number of H-pyrrole nitrogens is 1. The highest BCUT2D eigenvalue weighted by Gasteiger charge is 2.15. The van der Waals surface area contributed by atoms with Gasteiger partial charge in [-0.2, -0.15) is 5.10 Å². The van der Waals surface area contributed by atoms with Crippen LogP contribution in [0, 0.1) is 11.8 Å². The maximum absolute atomic E-state index is 11.5. The second-order valence-corrected chi connectivity index (χ2v) is 5.20. The number of thiazole rings is 1. The van der Waals surface area contributed by atoms with E-state index in [9.17, 15) is 4.79 Å². The summed E-state index contributed by atoms with van der Waals surface area (Å²) < 4.78 is 1.07. The smallest absolute Gasteiger partial charge is 0.255 e. The minimum absolute atomic E-state index is 0.256. The number of nitrogens with two attached hydrogens (primary N) is 1. The van der Waals surface area contributed by atoms with Gasteiger partial charge in [0.05, 0.1) is 10.2 Å². The lowest BCUT2D eigenvalue weighted by atomic mass is 10.2. The number of carbonyl (C=O) groups is 1. The Morgan fingerprint density at radius 1 is 1.38 bits per heavy atom. The fraction of sp³-hybridized carbons (Fsp3) is 0.0714. The van der Waals surface area contributed by atoms with Crippen molar-refractivity contribution in [3.63, 3.8) is 0 Å². The number of benzene rings is 1. The molecule has 0 atom stereocenters. The van der Waals surface area contributed by atoms with Gasteiger partial charge in [0.2, 0.25) is 0 Å². The lowest BCUT2D eigenvalue weighted by molar-refractivity contribution is 0.100. The summed E-state index contributed by atoms with van der Waals surface area (Å²) in [6.07, 6.45) is 0. The van der Waals surface area contributed by atoms with Gasteiger partial charge in [0, 0.05) is 7.05 Å². The molecule has 0 aliphatic carbocycles. The third-order valence-electron chi connectivity index (χ3n) is 2.84. The number of aromatic amines is 1. The maximum atomic E-state index is 11.5. The van der Waals surface area contributed by atoms with Gasteiger partial charge >= 0.3 is 0 Å². The number of nitrogens with one attached hydrogen (secondary N) is 2. The predicted molar refractivity (Wildman–Crippen MR) is 82.3 cm³/mol. The molecule has 2 heterocycles. The second kappa shape index (κ2) is 5.26. The highest BCUT2D eigenvalue weighted by Crippen LogP contribution is 2.21. The van der Waals surface area contributed by atoms with E-state index in [-0.39, 0.29) is 5.56 Å². The Labute approximate surface area is 124 Å². The average molecular weight is 297 g/mol. The van der Waals surface area contributed by atoms with Crippen molar-refractivity contribution >= 4 is 33.3 Å². The minimum atomic E-state index is -0.582. The Balaban J connectivity index is 2.01. The monoisotopic (exact) mass is 297 g/mol. The van der Waals surface area contributed by atoms with Crippen molar-refractivity contribution in [2.75, 3.05) is 12.4 Å². The minimum Gasteiger partial charge on any atom is -0.371 e. The number of primary amides is 1. The van der Waals surface area contributed by atoms with Crippen molar-refractivity contribution in [2.24, 2.45) is 5.73 Å². The molecular weight excluding hydrogens is 286 g/mol. The summed E-state index contributed by atoms with van der Waals surface area (Å²) in [4.78, 5) is 15.9. The van der Waals surface area contributed by atoms with Crippen LogP contribution in [0.1, 0.15) is 21.1 Å². The van der Waals surface area contributed by atoms with Crippen LogP contribution in [0.15, 0.2) is 24.3 Å². The fourth-order valence-corrected chi connectivity index (χ4v) is 2.71. The molecule has 104 valence electrons. The van der Waals surface area contributed by atoms with Gasteiger partial charge in [0.25, 0.3) is 5.91 Å². The van der Waals surface area contributed by atoms with E-state index >= 15 is 0 Å². The van der Waals surface area contributed by atoms with E-state index in [0.29, 0.717) is 16.5 Å². The number of hydrogen-bond acceptors (Lipinski definition) is 5. The van der Waals surface area contributed by atoms with Gasteiger partial charge in [0.1, 0.15) is 11.3 Å². The van der Waals surface area contributed by atoms with Crippen molar-refractivity contribution in [2.45, 2.75) is 0 Å². The van der Waals surface area contributed by atoms with Crippen molar-refractivity contribution in [3.05, 3.63) is 40.5 Å². The van der Waals surface area contributed by atoms with E-state index in [4.69, 9.17) is 5.73 Å². The largest absolute Gasteiger partial charge is 0.371 e. The number of rotatable bonds is 2. The van der Waals surface area contributed by atoms with E-state index < -0.39 is 5.91 Å². The molecule has 2 aromatic heterocycles. The Hall–Kier alpha value is -2.85. The summed E-state index contributed by atoms with van der Waals surface area (Å²) in [5.74, 6) is 5.60. The third-order valence-corrected chi connectivity index (χ3v) is 3.79. The van der Waals surface area contributed by atoms with E-state index in [1.54, 1.807) is 7.05 Å². The first-order valence-electron chi connectivity index (χ1n) is 6.12. The fourth-order valence-electron chi connectivity index (χ4n) is 1.89. The topological polar surface area (TPSA) is 96.7 Å². The Morgan fingerprint density at radius 3 is 2.90 bits per heavy atom. The molecule has 3 aromatic rings. The summed E-state index contributed by atoms with van der Waals surface area (Å²) in [6.45, 7) is 0. The summed E-state index contributed by atoms with van der Waals surface area (Å²) >= 11 is 1.49. The first kappa shape index (κ1) is 13.1. The van der Waals surface area contributed by atoms with Crippen LogP contribution in [0.5, 0.6) is 0 Å². The molecule has 4 N–H and O–H groups in total. The van der Waals surface area contributed by atoms with Crippen LogP contribution in [-0.4, -0.2) is 28.1 Å². The molecule has 0 aliphatic rings. The summed E-state index contributed by atoms with van der Waals surface area (Å²) in [5.41, 5.74) is 6.89. The molecule has 0 radical (unpaired) electrons. The molecule has 0 saturated carbocycles. The van der Waals surface area contributed by atoms with Crippen LogP contribution < -0.4 is 11.1 Å². The van der Waals surface area contributed by atoms with Gasteiger partial charge < -0.3 is 11.1 Å². The molecule has 3 rings (SSSR count). The summed E-state index contributed by atoms with van der Waals surface area (Å²) in [5, 5.41) is 10.1. The normalized spacial score (nSPS) is 10.1. The van der Waals surface area contributed by atoms with Gasteiger partial charge in [-0.15, -0.1) is 11.3 Å². The van der Waals surface area contributed by atoms with E-state index in [1.165, 1.54) is 11.3 Å². The number of nitrogens with zero attached hydrogens (tertiary/aromatic N) is 2. The highest BCUT2D eigenvalue weighted by molar-refractivity contribution is 7.19. The predicted octanol–water partition coefficient (Wildman–Crippen LogP) is 1.56. The van der Waals surface area contributed by atoms with Gasteiger partial charge in [-0.05, 0) is 24.0 Å². The Kier molecular flexibility index (Phi) is 3.30. The third kappa shape index (κ3) is 2.44. The molecule has 7 heteroatoms. The molecule has 0 bridgehead atoms. The van der Waals surface area contributed by atoms with E-state index in [1.807, 2.05) is 24.3 Å². The molecule has 6 nitrogen and oxygen atoms in total. The van der Waals surface area contributed by atoms with E-state index in [2.05, 4.69) is 32.3 Å².